The number of pyridine rings is 3. The zero-order valence-corrected chi connectivity index (χ0v) is 40.6. The quantitative estimate of drug-likeness (QED) is 0.0425. The lowest BCUT2D eigenvalue weighted by molar-refractivity contribution is -0.141. The van der Waals surface area contributed by atoms with Gasteiger partial charge in [-0.05, 0) is 99.7 Å². The zero-order chi connectivity index (χ0) is 50.8. The fraction of sp³-hybridized carbons (Fsp3) is 0.480. The van der Waals surface area contributed by atoms with Crippen molar-refractivity contribution in [2.75, 3.05) is 66.6 Å². The van der Waals surface area contributed by atoms with Crippen LogP contribution in [0.1, 0.15) is 79.7 Å². The number of aryl methyl sites for hydroxylation is 3. The van der Waals surface area contributed by atoms with E-state index < -0.39 is 30.2 Å². The van der Waals surface area contributed by atoms with E-state index in [9.17, 15) is 32.3 Å². The smallest absolute Gasteiger partial charge is 0.433 e. The summed E-state index contributed by atoms with van der Waals surface area (Å²) >= 11 is 0. The molecule has 0 aliphatic carbocycles. The molecule has 2 saturated heterocycles. The molecule has 0 saturated carbocycles. The predicted molar refractivity (Wildman–Crippen MR) is 262 cm³/mol. The molecule has 18 nitrogen and oxygen atoms in total. The van der Waals surface area contributed by atoms with Crippen LogP contribution >= 0.6 is 0 Å². The molecule has 0 bridgehead atoms. The summed E-state index contributed by atoms with van der Waals surface area (Å²) in [5.74, 6) is 1.96. The number of nitrogens with one attached hydrogen (secondary N) is 2. The van der Waals surface area contributed by atoms with Gasteiger partial charge in [0.2, 0.25) is 5.95 Å². The summed E-state index contributed by atoms with van der Waals surface area (Å²) in [6, 6.07) is 10.6. The Labute approximate surface area is 413 Å². The van der Waals surface area contributed by atoms with E-state index in [1.54, 1.807) is 35.9 Å². The maximum absolute atomic E-state index is 14.2. The molecule has 8 heterocycles. The lowest BCUT2D eigenvalue weighted by Gasteiger charge is -2.36. The molecule has 3 N–H and O–H groups in total. The third kappa shape index (κ3) is 12.6. The van der Waals surface area contributed by atoms with Gasteiger partial charge in [0, 0.05) is 86.4 Å². The van der Waals surface area contributed by atoms with Crippen molar-refractivity contribution >= 4 is 35.1 Å². The van der Waals surface area contributed by atoms with Gasteiger partial charge in [-0.2, -0.15) is 27.8 Å². The third-order valence-electron chi connectivity index (χ3n) is 12.8. The van der Waals surface area contributed by atoms with Crippen LogP contribution in [0, 0.1) is 6.92 Å². The predicted octanol–water partition coefficient (Wildman–Crippen LogP) is 7.34. The number of alkyl halides is 4. The minimum atomic E-state index is -4.67. The maximum Gasteiger partial charge on any atom is 0.433 e. The zero-order valence-electron chi connectivity index (χ0n) is 40.6. The fourth-order valence-electron chi connectivity index (χ4n) is 8.97. The van der Waals surface area contributed by atoms with Gasteiger partial charge < -0.3 is 39.4 Å². The van der Waals surface area contributed by atoms with Gasteiger partial charge in [0.1, 0.15) is 42.0 Å². The van der Waals surface area contributed by atoms with Gasteiger partial charge in [0.15, 0.2) is 5.65 Å². The number of amides is 1. The van der Waals surface area contributed by atoms with Crippen molar-refractivity contribution in [2.45, 2.75) is 110 Å². The third-order valence-corrected chi connectivity index (χ3v) is 12.8. The van der Waals surface area contributed by atoms with E-state index in [1.165, 1.54) is 31.5 Å². The normalized spacial score (nSPS) is 16.6. The van der Waals surface area contributed by atoms with Crippen molar-refractivity contribution in [1.29, 1.82) is 0 Å². The van der Waals surface area contributed by atoms with Crippen LogP contribution in [0.15, 0.2) is 72.0 Å². The number of anilines is 4. The number of hydrogen-bond acceptors (Lipinski definition) is 15. The van der Waals surface area contributed by atoms with E-state index in [1.807, 2.05) is 16.8 Å². The standard InChI is InChI=1S/C50H60F4N12O6/c1-4-35-27-59-66-44(25-45(61-47(35)66)64-15-6-5-9-39(64)13-17-67)57-26-34-10-11-46(68)63(30-34)16-19-71-21-20-70-18-7-8-37-23-36(24-42(60-37)50(52,53)54)40-29-56-38(22-32(40)2)28-58-48-55-14-12-43(62-48)65-41(33(3)51)31-72-49(65)69/h10-12,14,22-25,27,29-30,33,39,41,57,67H,4-9,13,15-21,26,28,31H2,1-3H3,(H,55,58,62). The number of halogens is 4. The molecule has 8 rings (SSSR count). The Bertz CT molecular complexity index is 2860. The Kier molecular flexibility index (Phi) is 16.9. The number of piperidine rings is 1. The SMILES string of the molecule is CCc1cnn2c(NCc3ccc(=O)n(CCOCCOCCCc4cc(-c5cnc(CNc6nccc(N7C(=O)OCC7C(C)F)n6)cc5C)cc(C(F)(F)F)n4)c3)cc(N3CCCCC3CCO)nc12. The highest BCUT2D eigenvalue weighted by Gasteiger charge is 2.39. The summed E-state index contributed by atoms with van der Waals surface area (Å²) < 4.78 is 76.3. The molecule has 0 aromatic carbocycles. The van der Waals surface area contributed by atoms with Gasteiger partial charge in [-0.1, -0.05) is 13.0 Å². The van der Waals surface area contributed by atoms with E-state index in [0.717, 1.165) is 71.6 Å². The highest BCUT2D eigenvalue weighted by molar-refractivity contribution is 5.89. The summed E-state index contributed by atoms with van der Waals surface area (Å²) in [7, 11) is 0. The maximum atomic E-state index is 14.2. The molecule has 2 aliphatic heterocycles. The summed E-state index contributed by atoms with van der Waals surface area (Å²) in [4.78, 5) is 50.5. The molecule has 22 heteroatoms. The van der Waals surface area contributed by atoms with Crippen LogP contribution in [-0.2, 0) is 52.9 Å². The number of carbonyl (C=O) groups is 1. The van der Waals surface area contributed by atoms with E-state index in [4.69, 9.17) is 19.2 Å². The number of nitrogens with zero attached hydrogens (tertiary/aromatic N) is 10. The first-order chi connectivity index (χ1) is 34.8. The highest BCUT2D eigenvalue weighted by atomic mass is 19.4. The number of aliphatic hydroxyl groups excluding tert-OH is 1. The van der Waals surface area contributed by atoms with Crippen LogP contribution in [0.2, 0.25) is 0 Å². The highest BCUT2D eigenvalue weighted by Crippen LogP contribution is 2.34. The number of aromatic nitrogens is 8. The van der Waals surface area contributed by atoms with Crippen molar-refractivity contribution < 1.29 is 41.7 Å². The largest absolute Gasteiger partial charge is 0.447 e. The van der Waals surface area contributed by atoms with Crippen LogP contribution in [0.5, 0.6) is 0 Å². The van der Waals surface area contributed by atoms with Gasteiger partial charge in [0.25, 0.3) is 5.56 Å². The van der Waals surface area contributed by atoms with Crippen molar-refractivity contribution in [2.24, 2.45) is 0 Å². The molecule has 384 valence electrons. The Balaban J connectivity index is 0.796. The molecule has 2 fully saturated rings. The number of rotatable bonds is 23. The Hall–Kier alpha value is -6.78. The molecule has 3 unspecified atom stereocenters. The first-order valence-electron chi connectivity index (χ1n) is 24.3. The molecule has 0 spiro atoms. The van der Waals surface area contributed by atoms with Crippen molar-refractivity contribution in [3.05, 3.63) is 111 Å². The number of aliphatic hydroxyl groups is 1. The van der Waals surface area contributed by atoms with Gasteiger partial charge in [-0.3, -0.25) is 14.7 Å². The molecule has 2 aliphatic rings. The van der Waals surface area contributed by atoms with E-state index in [-0.39, 0.29) is 81.7 Å². The molecular weight excluding hydrogens is 941 g/mol. The van der Waals surface area contributed by atoms with Crippen molar-refractivity contribution in [3.8, 4) is 11.1 Å². The minimum Gasteiger partial charge on any atom is -0.447 e. The second-order valence-electron chi connectivity index (χ2n) is 17.9. The van der Waals surface area contributed by atoms with Gasteiger partial charge in [-0.15, -0.1) is 0 Å². The lowest BCUT2D eigenvalue weighted by atomic mass is 9.99. The second-order valence-corrected chi connectivity index (χ2v) is 17.9. The molecule has 72 heavy (non-hydrogen) atoms. The van der Waals surface area contributed by atoms with Crippen LogP contribution in [0.4, 0.5) is 45.8 Å². The number of fused-ring (bicyclic) bond motifs is 1. The Morgan fingerprint density at radius 2 is 1.76 bits per heavy atom. The summed E-state index contributed by atoms with van der Waals surface area (Å²) in [6.07, 6.45) is 5.15. The lowest BCUT2D eigenvalue weighted by Crippen LogP contribution is -2.40. The molecule has 0 radical (unpaired) electrons. The van der Waals surface area contributed by atoms with E-state index in [2.05, 4.69) is 47.5 Å². The first-order valence-corrected chi connectivity index (χ1v) is 24.3. The van der Waals surface area contributed by atoms with Crippen LogP contribution < -0.4 is 26.0 Å². The number of cyclic esters (lactones) is 1. The first kappa shape index (κ1) is 51.6. The van der Waals surface area contributed by atoms with Crippen LogP contribution in [0.25, 0.3) is 16.8 Å². The monoisotopic (exact) mass is 1000 g/mol. The average molecular weight is 1000 g/mol. The van der Waals surface area contributed by atoms with Crippen LogP contribution in [-0.4, -0.2) is 115 Å². The van der Waals surface area contributed by atoms with E-state index >= 15 is 0 Å². The Morgan fingerprint density at radius 1 is 0.931 bits per heavy atom. The fourth-order valence-corrected chi connectivity index (χ4v) is 8.97. The molecule has 1 amide bonds. The molecule has 6 aromatic heterocycles. The number of carbonyl (C=O) groups excluding carboxylic acids is 1. The summed E-state index contributed by atoms with van der Waals surface area (Å²) in [6.45, 7) is 8.02. The molecule has 3 atom stereocenters. The van der Waals surface area contributed by atoms with Crippen molar-refractivity contribution in [1.82, 2.24) is 39.1 Å². The van der Waals surface area contributed by atoms with Crippen molar-refractivity contribution in [3.63, 3.8) is 0 Å². The minimum absolute atomic E-state index is 0.0980. The molecule has 6 aromatic rings. The molecular formula is C50H60F4N12O6. The van der Waals surface area contributed by atoms with Gasteiger partial charge in [0.05, 0.1) is 38.3 Å². The second kappa shape index (κ2) is 23.6. The van der Waals surface area contributed by atoms with Gasteiger partial charge >= 0.3 is 12.3 Å². The summed E-state index contributed by atoms with van der Waals surface area (Å²) in [5.41, 5.74) is 3.85. The number of hydrogen-bond donors (Lipinski definition) is 3. The topological polar surface area (TPSA) is 199 Å². The average Bonchev–Trinajstić information content (AvgIpc) is 3.98. The Morgan fingerprint density at radius 3 is 2.54 bits per heavy atom. The summed E-state index contributed by atoms with van der Waals surface area (Å²) in [5, 5.41) is 20.9. The van der Waals surface area contributed by atoms with Gasteiger partial charge in [-0.25, -0.2) is 24.1 Å². The van der Waals surface area contributed by atoms with E-state index in [0.29, 0.717) is 48.3 Å². The number of ether oxygens (including phenoxy) is 3. The van der Waals surface area contributed by atoms with Crippen LogP contribution in [0.3, 0.4) is 0 Å².